The van der Waals surface area contributed by atoms with Crippen LogP contribution in [0.3, 0.4) is 0 Å². The van der Waals surface area contributed by atoms with E-state index in [0.717, 1.165) is 32.0 Å². The van der Waals surface area contributed by atoms with Crippen LogP contribution >= 0.6 is 0 Å². The van der Waals surface area contributed by atoms with Gasteiger partial charge in [-0.15, -0.1) is 0 Å². The lowest BCUT2D eigenvalue weighted by Gasteiger charge is -2.38. The van der Waals surface area contributed by atoms with Crippen molar-refractivity contribution < 1.29 is 8.78 Å². The maximum absolute atomic E-state index is 13.9. The predicted octanol–water partition coefficient (Wildman–Crippen LogP) is 3.24. The zero-order valence-corrected chi connectivity index (χ0v) is 12.5. The van der Waals surface area contributed by atoms with Gasteiger partial charge in [0.2, 0.25) is 0 Å². The topological polar surface area (TPSA) is 19.4 Å². The quantitative estimate of drug-likeness (QED) is 0.868. The molecule has 0 unspecified atom stereocenters. The van der Waals surface area contributed by atoms with E-state index in [-0.39, 0.29) is 11.6 Å². The summed E-state index contributed by atoms with van der Waals surface area (Å²) in [5, 5.41) is 0. The van der Waals surface area contributed by atoms with Crippen LogP contribution in [0.2, 0.25) is 0 Å². The van der Waals surface area contributed by atoms with E-state index in [1.807, 2.05) is 25.1 Å². The summed E-state index contributed by atoms with van der Waals surface area (Å²) in [7, 11) is 0. The van der Waals surface area contributed by atoms with Crippen molar-refractivity contribution in [3.8, 4) is 0 Å². The molecule has 2 heterocycles. The van der Waals surface area contributed by atoms with Gasteiger partial charge in [-0.1, -0.05) is 12.1 Å². The highest BCUT2D eigenvalue weighted by atomic mass is 19.1. The van der Waals surface area contributed by atoms with E-state index in [0.29, 0.717) is 0 Å². The summed E-state index contributed by atoms with van der Waals surface area (Å²) in [5.41, 5.74) is 0.161. The van der Waals surface area contributed by atoms with Gasteiger partial charge in [0, 0.05) is 44.0 Å². The molecule has 2 aromatic rings. The largest absolute Gasteiger partial charge is 0.354 e. The van der Waals surface area contributed by atoms with E-state index >= 15 is 0 Å². The van der Waals surface area contributed by atoms with Crippen molar-refractivity contribution in [2.75, 3.05) is 31.1 Å². The molecular formula is C17H19F2N3. The minimum Gasteiger partial charge on any atom is -0.354 e. The highest BCUT2D eigenvalue weighted by Gasteiger charge is 2.26. The standard InChI is InChI=1S/C17H19F2N3/c1-13(17-14(18)5-4-6-15(17)19)21-9-11-22(12-10-21)16-7-2-3-8-20-16/h2-8,13H,9-12H2,1H3/t13-/m0/s1. The van der Waals surface area contributed by atoms with Gasteiger partial charge in [-0.25, -0.2) is 13.8 Å². The van der Waals surface area contributed by atoms with Crippen LogP contribution in [0.1, 0.15) is 18.5 Å². The number of aromatic nitrogens is 1. The molecule has 116 valence electrons. The molecule has 1 atom stereocenters. The molecule has 0 N–H and O–H groups in total. The predicted molar refractivity (Wildman–Crippen MR) is 82.8 cm³/mol. The maximum Gasteiger partial charge on any atom is 0.130 e. The fourth-order valence-electron chi connectivity index (χ4n) is 2.97. The highest BCUT2D eigenvalue weighted by Crippen LogP contribution is 2.27. The molecular weight excluding hydrogens is 284 g/mol. The lowest BCUT2D eigenvalue weighted by Crippen LogP contribution is -2.47. The molecule has 0 radical (unpaired) electrons. The molecule has 0 saturated carbocycles. The number of hydrogen-bond acceptors (Lipinski definition) is 3. The van der Waals surface area contributed by atoms with Crippen molar-refractivity contribution in [2.45, 2.75) is 13.0 Å². The minimum atomic E-state index is -0.473. The SMILES string of the molecule is C[C@@H](c1c(F)cccc1F)N1CCN(c2ccccn2)CC1. The number of halogens is 2. The monoisotopic (exact) mass is 303 g/mol. The van der Waals surface area contributed by atoms with Crippen LogP contribution in [-0.4, -0.2) is 36.1 Å². The normalized spacial score (nSPS) is 17.5. The Kier molecular flexibility index (Phi) is 4.34. The Morgan fingerprint density at radius 3 is 2.23 bits per heavy atom. The molecule has 0 amide bonds. The van der Waals surface area contributed by atoms with Gasteiger partial charge in [0.25, 0.3) is 0 Å². The second-order valence-electron chi connectivity index (χ2n) is 5.52. The molecule has 22 heavy (non-hydrogen) atoms. The van der Waals surface area contributed by atoms with E-state index < -0.39 is 11.6 Å². The molecule has 0 aliphatic carbocycles. The Bertz CT molecular complexity index is 605. The summed E-state index contributed by atoms with van der Waals surface area (Å²) in [6.07, 6.45) is 1.78. The summed E-state index contributed by atoms with van der Waals surface area (Å²) >= 11 is 0. The van der Waals surface area contributed by atoms with E-state index in [1.54, 1.807) is 6.20 Å². The molecule has 0 spiro atoms. The van der Waals surface area contributed by atoms with Gasteiger partial charge in [0.15, 0.2) is 0 Å². The first-order valence-corrected chi connectivity index (χ1v) is 7.51. The fraction of sp³-hybridized carbons (Fsp3) is 0.353. The smallest absolute Gasteiger partial charge is 0.130 e. The van der Waals surface area contributed by atoms with Gasteiger partial charge in [-0.3, -0.25) is 4.90 Å². The van der Waals surface area contributed by atoms with Crippen molar-refractivity contribution in [1.29, 1.82) is 0 Å². The molecule has 0 bridgehead atoms. The van der Waals surface area contributed by atoms with Crippen LogP contribution in [0, 0.1) is 11.6 Å². The van der Waals surface area contributed by atoms with E-state index in [2.05, 4.69) is 14.8 Å². The third-order valence-electron chi connectivity index (χ3n) is 4.25. The second-order valence-corrected chi connectivity index (χ2v) is 5.52. The van der Waals surface area contributed by atoms with Crippen LogP contribution in [0.25, 0.3) is 0 Å². The maximum atomic E-state index is 13.9. The number of nitrogens with zero attached hydrogens (tertiary/aromatic N) is 3. The summed E-state index contributed by atoms with van der Waals surface area (Å²) in [4.78, 5) is 8.65. The first kappa shape index (κ1) is 14.9. The van der Waals surface area contributed by atoms with Crippen molar-refractivity contribution in [1.82, 2.24) is 9.88 Å². The fourth-order valence-corrected chi connectivity index (χ4v) is 2.97. The number of benzene rings is 1. The van der Waals surface area contributed by atoms with Gasteiger partial charge >= 0.3 is 0 Å². The highest BCUT2D eigenvalue weighted by molar-refractivity contribution is 5.38. The Labute approximate surface area is 129 Å². The van der Waals surface area contributed by atoms with Crippen LogP contribution < -0.4 is 4.90 Å². The Morgan fingerprint density at radius 2 is 1.64 bits per heavy atom. The van der Waals surface area contributed by atoms with Gasteiger partial charge < -0.3 is 4.90 Å². The second kappa shape index (κ2) is 6.40. The summed E-state index contributed by atoms with van der Waals surface area (Å²) in [6.45, 7) is 4.98. The lowest BCUT2D eigenvalue weighted by molar-refractivity contribution is 0.191. The zero-order valence-electron chi connectivity index (χ0n) is 12.5. The average molecular weight is 303 g/mol. The molecule has 1 aromatic heterocycles. The third kappa shape index (κ3) is 2.95. The average Bonchev–Trinajstić information content (AvgIpc) is 2.55. The molecule has 5 heteroatoms. The molecule has 3 nitrogen and oxygen atoms in total. The van der Waals surface area contributed by atoms with E-state index in [4.69, 9.17) is 0 Å². The Morgan fingerprint density at radius 1 is 0.955 bits per heavy atom. The number of rotatable bonds is 3. The summed E-state index contributed by atoms with van der Waals surface area (Å²) in [5.74, 6) is 0.00573. The van der Waals surface area contributed by atoms with E-state index in [9.17, 15) is 8.78 Å². The van der Waals surface area contributed by atoms with Gasteiger partial charge in [0.1, 0.15) is 17.5 Å². The third-order valence-corrected chi connectivity index (χ3v) is 4.25. The van der Waals surface area contributed by atoms with Crippen LogP contribution in [0.5, 0.6) is 0 Å². The van der Waals surface area contributed by atoms with Crippen molar-refractivity contribution in [3.05, 3.63) is 59.8 Å². The van der Waals surface area contributed by atoms with Crippen molar-refractivity contribution >= 4 is 5.82 Å². The van der Waals surface area contributed by atoms with Gasteiger partial charge in [0.05, 0.1) is 0 Å². The van der Waals surface area contributed by atoms with Crippen LogP contribution in [0.15, 0.2) is 42.6 Å². The molecule has 1 aromatic carbocycles. The van der Waals surface area contributed by atoms with Crippen molar-refractivity contribution in [2.24, 2.45) is 0 Å². The number of pyridine rings is 1. The van der Waals surface area contributed by atoms with Crippen LogP contribution in [-0.2, 0) is 0 Å². The first-order valence-electron chi connectivity index (χ1n) is 7.51. The molecule has 1 aliphatic rings. The molecule has 3 rings (SSSR count). The molecule has 1 aliphatic heterocycles. The zero-order chi connectivity index (χ0) is 15.5. The van der Waals surface area contributed by atoms with Gasteiger partial charge in [-0.05, 0) is 31.2 Å². The lowest BCUT2D eigenvalue weighted by atomic mass is 10.0. The number of anilines is 1. The number of piperazine rings is 1. The summed E-state index contributed by atoms with van der Waals surface area (Å²) in [6, 6.07) is 9.61. The molecule has 1 saturated heterocycles. The number of hydrogen-bond donors (Lipinski definition) is 0. The van der Waals surface area contributed by atoms with E-state index in [1.165, 1.54) is 18.2 Å². The Balaban J connectivity index is 1.69. The summed E-state index contributed by atoms with van der Waals surface area (Å²) < 4.78 is 27.8. The Hall–Kier alpha value is -2.01. The van der Waals surface area contributed by atoms with Crippen LogP contribution in [0.4, 0.5) is 14.6 Å². The first-order chi connectivity index (χ1) is 10.7. The van der Waals surface area contributed by atoms with Gasteiger partial charge in [-0.2, -0.15) is 0 Å². The molecule has 1 fully saturated rings. The van der Waals surface area contributed by atoms with Crippen molar-refractivity contribution in [3.63, 3.8) is 0 Å². The minimum absolute atomic E-state index is 0.161.